The smallest absolute Gasteiger partial charge is 0.309 e. The third kappa shape index (κ3) is 26.9. The Morgan fingerprint density at radius 1 is 0.250 bits per heavy atom. The molecule has 6 unspecified atom stereocenters. The first-order valence-corrected chi connectivity index (χ1v) is 35.9. The van der Waals surface area contributed by atoms with Crippen molar-refractivity contribution < 1.29 is 75.7 Å². The zero-order chi connectivity index (χ0) is 71.8. The molecule has 6 rings (SSSR count). The Morgan fingerprint density at radius 2 is 0.375 bits per heavy atom. The molecule has 0 radical (unpaired) electrons. The summed E-state index contributed by atoms with van der Waals surface area (Å²) in [7, 11) is 0. The Morgan fingerprint density at radius 3 is 0.500 bits per heavy atom. The summed E-state index contributed by atoms with van der Waals surface area (Å²) in [5.41, 5.74) is 9.78. The molecule has 0 bridgehead atoms. The van der Waals surface area contributed by atoms with Crippen LogP contribution in [0.5, 0.6) is 0 Å². The molecular weight excluding hydrogens is 1210 g/mol. The van der Waals surface area contributed by atoms with Crippen molar-refractivity contribution >= 4 is 17.9 Å². The van der Waals surface area contributed by atoms with E-state index in [1.807, 2.05) is 48.6 Å². The lowest BCUT2D eigenvalue weighted by molar-refractivity contribution is -0.148. The van der Waals surface area contributed by atoms with E-state index in [0.29, 0.717) is 38.5 Å². The predicted molar refractivity (Wildman–Crippen MR) is 385 cm³/mol. The second-order valence-electron chi connectivity index (χ2n) is 32.5. The van der Waals surface area contributed by atoms with Crippen LogP contribution in [0.3, 0.4) is 0 Å². The number of aliphatic hydroxyl groups is 9. The second-order valence-corrected chi connectivity index (χ2v) is 32.5. The third-order valence-corrected chi connectivity index (χ3v) is 20.9. The Hall–Kier alpha value is -5.07. The first-order valence-electron chi connectivity index (χ1n) is 35.9. The van der Waals surface area contributed by atoms with Gasteiger partial charge < -0.3 is 61.3 Å². The minimum Gasteiger partial charge on any atom is -0.481 e. The standard InChI is InChI=1S/C27H40O6.C27H42O5.C27H44O4/c1-26(2,24(30)31)16-6-10-20-14-12-18(22(20)28)8-5-9-19-13-15-21(23(19)29)11-7-17-27(3,4)25(32)33;1-26(2,18-28)16-6-10-21-14-12-19(23(21)29)8-5-9-20-13-15-22(24(20)30)11-7-17-27(3,4)25(31)32;1-26(2,18-28)16-6-10-22-14-12-20(24(22)30)8-5-9-21-13-15-23(25(21)31)11-7-17-27(3,4)19-29/h12-15,22-23,28-29H,5-11,16-17H2,1-4H3,(H,30,31)(H,32,33);12-15,23-24,28-30H,5-11,16-18H2,1-4H3,(H,31,32);12-15,24-25,28-31H,5-11,16-19H2,1-4H3. The summed E-state index contributed by atoms with van der Waals surface area (Å²) in [6.07, 6.45) is 42.6. The Kier molecular flexibility index (Phi) is 33.4. The van der Waals surface area contributed by atoms with E-state index in [1.54, 1.807) is 41.5 Å². The van der Waals surface area contributed by atoms with E-state index in [4.69, 9.17) is 0 Å². The highest BCUT2D eigenvalue weighted by Gasteiger charge is 2.32. The molecule has 0 saturated carbocycles. The summed E-state index contributed by atoms with van der Waals surface area (Å²) < 4.78 is 0. The van der Waals surface area contributed by atoms with Crippen LogP contribution < -0.4 is 0 Å². The molecular formula is C81H126O15. The molecule has 0 fully saturated rings. The van der Waals surface area contributed by atoms with Gasteiger partial charge in [-0.05, 0) is 298 Å². The van der Waals surface area contributed by atoms with Crippen molar-refractivity contribution in [3.8, 4) is 0 Å². The van der Waals surface area contributed by atoms with E-state index in [-0.39, 0.29) is 36.1 Å². The Labute approximate surface area is 576 Å². The maximum atomic E-state index is 11.2. The highest BCUT2D eigenvalue weighted by atomic mass is 16.4. The third-order valence-electron chi connectivity index (χ3n) is 20.9. The number of rotatable bonds is 42. The molecule has 0 aliphatic heterocycles. The van der Waals surface area contributed by atoms with Gasteiger partial charge in [0.2, 0.25) is 0 Å². The van der Waals surface area contributed by atoms with Gasteiger partial charge in [0, 0.05) is 19.8 Å². The fourth-order valence-electron chi connectivity index (χ4n) is 13.0. The molecule has 12 N–H and O–H groups in total. The van der Waals surface area contributed by atoms with E-state index >= 15 is 0 Å². The number of carboxylic acid groups (broad SMARTS) is 3. The molecule has 0 spiro atoms. The van der Waals surface area contributed by atoms with Crippen molar-refractivity contribution in [2.45, 2.75) is 293 Å². The molecule has 6 aliphatic carbocycles. The maximum Gasteiger partial charge on any atom is 0.309 e. The molecule has 15 heteroatoms. The van der Waals surface area contributed by atoms with Gasteiger partial charge in [-0.2, -0.15) is 0 Å². The lowest BCUT2D eigenvalue weighted by Gasteiger charge is -2.22. The van der Waals surface area contributed by atoms with Crippen LogP contribution in [0.2, 0.25) is 0 Å². The molecule has 0 aromatic carbocycles. The van der Waals surface area contributed by atoms with Crippen molar-refractivity contribution in [3.63, 3.8) is 0 Å². The van der Waals surface area contributed by atoms with Crippen LogP contribution in [0, 0.1) is 32.5 Å². The summed E-state index contributed by atoms with van der Waals surface area (Å²) in [5.74, 6) is -2.38. The lowest BCUT2D eigenvalue weighted by atomic mass is 9.86. The SMILES string of the molecule is CC(C)(CCCC1=CC=C(CCCC2=CC=C(CCCC(C)(C)C(=O)O)C2O)C1O)C(=O)O.CC(C)(CO)CCCC1=CC=C(CCCC2=CC=C(CCCC(C)(C)C(=O)O)C2O)C1O.CC(C)(CO)CCCC1=CC=C(CCCC2=CC=C(CCCC(C)(C)CO)C2O)C1O. The normalized spacial score (nSPS) is 21.3. The quantitative estimate of drug-likeness (QED) is 0.0271. The molecule has 6 aliphatic rings. The number of hydrogen-bond donors (Lipinski definition) is 12. The Bertz CT molecular complexity index is 2840. The zero-order valence-electron chi connectivity index (χ0n) is 60.7. The second kappa shape index (κ2) is 38.5. The van der Waals surface area contributed by atoms with Crippen LogP contribution in [0.1, 0.15) is 256 Å². The van der Waals surface area contributed by atoms with Crippen LogP contribution in [0.25, 0.3) is 0 Å². The highest BCUT2D eigenvalue weighted by Crippen LogP contribution is 2.39. The largest absolute Gasteiger partial charge is 0.481 e. The molecule has 540 valence electrons. The van der Waals surface area contributed by atoms with Crippen molar-refractivity contribution in [2.75, 3.05) is 19.8 Å². The highest BCUT2D eigenvalue weighted by molar-refractivity contribution is 5.74. The number of aliphatic carboxylic acids is 3. The minimum absolute atomic E-state index is 0.0574. The van der Waals surface area contributed by atoms with Crippen LogP contribution in [-0.4, -0.2) is 136 Å². The average molecular weight is 1340 g/mol. The number of carboxylic acids is 3. The summed E-state index contributed by atoms with van der Waals surface area (Å²) >= 11 is 0. The maximum absolute atomic E-state index is 11.2. The monoisotopic (exact) mass is 1340 g/mol. The molecule has 0 aromatic heterocycles. The van der Waals surface area contributed by atoms with Crippen LogP contribution in [0.15, 0.2) is 140 Å². The fraction of sp³-hybridized carbons (Fsp3) is 0.667. The summed E-state index contributed by atoms with van der Waals surface area (Å²) in [5, 5.41) is 119. The fourth-order valence-corrected chi connectivity index (χ4v) is 13.0. The molecule has 15 nitrogen and oxygen atoms in total. The summed E-state index contributed by atoms with van der Waals surface area (Å²) in [4.78, 5) is 33.7. The van der Waals surface area contributed by atoms with Crippen LogP contribution in [-0.2, 0) is 14.4 Å². The molecule has 0 aromatic rings. The van der Waals surface area contributed by atoms with Gasteiger partial charge in [-0.1, -0.05) is 114 Å². The van der Waals surface area contributed by atoms with Gasteiger partial charge in [0.05, 0.1) is 52.9 Å². The molecule has 0 saturated heterocycles. The zero-order valence-corrected chi connectivity index (χ0v) is 60.7. The van der Waals surface area contributed by atoms with Crippen molar-refractivity contribution in [2.24, 2.45) is 32.5 Å². The van der Waals surface area contributed by atoms with Crippen molar-refractivity contribution in [1.29, 1.82) is 0 Å². The van der Waals surface area contributed by atoms with Gasteiger partial charge >= 0.3 is 17.9 Å². The number of aliphatic hydroxyl groups excluding tert-OH is 9. The van der Waals surface area contributed by atoms with Crippen molar-refractivity contribution in [1.82, 2.24) is 0 Å². The first-order chi connectivity index (χ1) is 44.9. The average Bonchev–Trinajstić information content (AvgIpc) is 1.97. The van der Waals surface area contributed by atoms with Crippen LogP contribution in [0.4, 0.5) is 0 Å². The summed E-state index contributed by atoms with van der Waals surface area (Å²) in [6, 6.07) is 0. The molecule has 96 heavy (non-hydrogen) atoms. The van der Waals surface area contributed by atoms with E-state index in [9.17, 15) is 75.7 Å². The van der Waals surface area contributed by atoms with E-state index in [2.05, 4.69) is 65.8 Å². The number of hydrogen-bond acceptors (Lipinski definition) is 12. The van der Waals surface area contributed by atoms with Gasteiger partial charge in [0.15, 0.2) is 0 Å². The molecule has 6 atom stereocenters. The van der Waals surface area contributed by atoms with E-state index in [0.717, 1.165) is 202 Å². The Balaban J connectivity index is 0.000000306. The number of allylic oxidation sites excluding steroid dienone is 12. The topological polar surface area (TPSA) is 294 Å². The van der Waals surface area contributed by atoms with Gasteiger partial charge in [-0.25, -0.2) is 0 Å². The van der Waals surface area contributed by atoms with Gasteiger partial charge in [-0.3, -0.25) is 14.4 Å². The van der Waals surface area contributed by atoms with Crippen molar-refractivity contribution in [3.05, 3.63) is 140 Å². The van der Waals surface area contributed by atoms with Gasteiger partial charge in [0.1, 0.15) is 0 Å². The molecule has 0 amide bonds. The lowest BCUT2D eigenvalue weighted by Crippen LogP contribution is -2.23. The van der Waals surface area contributed by atoms with E-state index < -0.39 is 70.8 Å². The summed E-state index contributed by atoms with van der Waals surface area (Å²) in [6.45, 7) is 23.3. The van der Waals surface area contributed by atoms with Gasteiger partial charge in [-0.15, -0.1) is 0 Å². The van der Waals surface area contributed by atoms with Gasteiger partial charge in [0.25, 0.3) is 0 Å². The first kappa shape index (κ1) is 83.4. The van der Waals surface area contributed by atoms with Crippen LogP contribution >= 0.6 is 0 Å². The number of carbonyl (C=O) groups is 3. The predicted octanol–water partition coefficient (Wildman–Crippen LogP) is 15.2. The minimum atomic E-state index is -0.799. The van der Waals surface area contributed by atoms with E-state index in [1.165, 1.54) is 0 Å². The molecule has 0 heterocycles.